The Labute approximate surface area is 84.2 Å². The number of phenolic OH excluding ortho intramolecular Hbond substituents is 1. The fourth-order valence-electron chi connectivity index (χ4n) is 1.07. The molecule has 0 spiro atoms. The van der Waals surface area contributed by atoms with Crippen LogP contribution < -0.4 is 5.73 Å². The normalized spacial score (nSPS) is 9.67. The monoisotopic (exact) mass is 212 g/mol. The molecule has 15 heavy (non-hydrogen) atoms. The Morgan fingerprint density at radius 1 is 1.60 bits per heavy atom. The van der Waals surface area contributed by atoms with Gasteiger partial charge >= 0.3 is 5.97 Å². The first kappa shape index (κ1) is 10.8. The highest BCUT2D eigenvalue weighted by Crippen LogP contribution is 2.32. The lowest BCUT2D eigenvalue weighted by Crippen LogP contribution is -2.09. The minimum Gasteiger partial charge on any atom is -0.506 e. The van der Waals surface area contributed by atoms with E-state index in [4.69, 9.17) is 5.73 Å². The standard InChI is InChI=1S/C8H8N2O5/c1-15-8(12)6-4(10(13)14)2-3-5(11)7(6)9/h2-3,11H,9H2,1H3. The van der Waals surface area contributed by atoms with Crippen molar-refractivity contribution in [2.24, 2.45) is 0 Å². The van der Waals surface area contributed by atoms with E-state index in [1.165, 1.54) is 0 Å². The molecule has 0 saturated heterocycles. The molecule has 0 atom stereocenters. The van der Waals surface area contributed by atoms with E-state index in [-0.39, 0.29) is 5.69 Å². The maximum Gasteiger partial charge on any atom is 0.347 e. The molecule has 0 fully saturated rings. The SMILES string of the molecule is COC(=O)c1c([N+](=O)[O-])ccc(O)c1N. The third kappa shape index (κ3) is 1.80. The fourth-order valence-corrected chi connectivity index (χ4v) is 1.07. The predicted octanol–water partition coefficient (Wildman–Crippen LogP) is 0.669. The number of esters is 1. The number of hydrogen-bond acceptors (Lipinski definition) is 6. The van der Waals surface area contributed by atoms with Gasteiger partial charge in [-0.3, -0.25) is 10.1 Å². The van der Waals surface area contributed by atoms with E-state index in [1.54, 1.807) is 0 Å². The van der Waals surface area contributed by atoms with Crippen LogP contribution in [0.4, 0.5) is 11.4 Å². The van der Waals surface area contributed by atoms with Crippen LogP contribution in [0, 0.1) is 10.1 Å². The van der Waals surface area contributed by atoms with Gasteiger partial charge in [0.15, 0.2) is 5.56 Å². The van der Waals surface area contributed by atoms with Gasteiger partial charge in [0.1, 0.15) is 5.75 Å². The number of nitro benzene ring substituents is 1. The summed E-state index contributed by atoms with van der Waals surface area (Å²) < 4.78 is 4.33. The molecule has 1 rings (SSSR count). The van der Waals surface area contributed by atoms with Gasteiger partial charge in [-0.1, -0.05) is 0 Å². The molecule has 7 heteroatoms. The zero-order chi connectivity index (χ0) is 11.6. The van der Waals surface area contributed by atoms with Crippen LogP contribution in [0.15, 0.2) is 12.1 Å². The van der Waals surface area contributed by atoms with E-state index in [9.17, 15) is 20.0 Å². The van der Waals surface area contributed by atoms with Crippen molar-refractivity contribution >= 4 is 17.3 Å². The Kier molecular flexibility index (Phi) is 2.75. The number of hydrogen-bond donors (Lipinski definition) is 2. The number of carbonyl (C=O) groups excluding carboxylic acids is 1. The van der Waals surface area contributed by atoms with Gasteiger partial charge in [-0.2, -0.15) is 0 Å². The van der Waals surface area contributed by atoms with Gasteiger partial charge in [-0.25, -0.2) is 4.79 Å². The van der Waals surface area contributed by atoms with Gasteiger partial charge in [0.25, 0.3) is 5.69 Å². The zero-order valence-electron chi connectivity index (χ0n) is 7.76. The van der Waals surface area contributed by atoms with E-state index in [2.05, 4.69) is 4.74 Å². The first-order valence-electron chi connectivity index (χ1n) is 3.83. The molecular weight excluding hydrogens is 204 g/mol. The predicted molar refractivity (Wildman–Crippen MR) is 50.5 cm³/mol. The molecular formula is C8H8N2O5. The summed E-state index contributed by atoms with van der Waals surface area (Å²) >= 11 is 0. The molecule has 0 saturated carbocycles. The van der Waals surface area contributed by atoms with Gasteiger partial charge in [-0.15, -0.1) is 0 Å². The highest BCUT2D eigenvalue weighted by molar-refractivity contribution is 6.00. The van der Waals surface area contributed by atoms with Crippen LogP contribution >= 0.6 is 0 Å². The zero-order valence-corrected chi connectivity index (χ0v) is 7.76. The third-order valence-corrected chi connectivity index (χ3v) is 1.79. The van der Waals surface area contributed by atoms with Gasteiger partial charge in [0.2, 0.25) is 0 Å². The molecule has 0 unspecified atom stereocenters. The molecule has 1 aromatic rings. The second-order valence-electron chi connectivity index (χ2n) is 2.64. The molecule has 0 aliphatic heterocycles. The number of benzene rings is 1. The third-order valence-electron chi connectivity index (χ3n) is 1.79. The van der Waals surface area contributed by atoms with E-state index in [1.807, 2.05) is 0 Å². The Morgan fingerprint density at radius 2 is 2.20 bits per heavy atom. The maximum absolute atomic E-state index is 11.2. The number of nitrogen functional groups attached to an aromatic ring is 1. The number of methoxy groups -OCH3 is 1. The number of carbonyl (C=O) groups is 1. The highest BCUT2D eigenvalue weighted by Gasteiger charge is 2.25. The van der Waals surface area contributed by atoms with Gasteiger partial charge in [-0.05, 0) is 6.07 Å². The van der Waals surface area contributed by atoms with Crippen LogP contribution in [-0.4, -0.2) is 23.1 Å². The number of nitrogens with zero attached hydrogens (tertiary/aromatic N) is 1. The topological polar surface area (TPSA) is 116 Å². The Morgan fingerprint density at radius 3 is 2.67 bits per heavy atom. The Bertz CT molecular complexity index is 429. The summed E-state index contributed by atoms with van der Waals surface area (Å²) in [5, 5.41) is 19.8. The van der Waals surface area contributed by atoms with Crippen molar-refractivity contribution in [2.75, 3.05) is 12.8 Å². The molecule has 0 bridgehead atoms. The average Bonchev–Trinajstić information content (AvgIpc) is 2.20. The van der Waals surface area contributed by atoms with Crippen molar-refractivity contribution in [3.8, 4) is 5.75 Å². The lowest BCUT2D eigenvalue weighted by atomic mass is 10.1. The van der Waals surface area contributed by atoms with Crippen LogP contribution in [-0.2, 0) is 4.74 Å². The quantitative estimate of drug-likeness (QED) is 0.244. The van der Waals surface area contributed by atoms with Crippen molar-refractivity contribution < 1.29 is 19.6 Å². The summed E-state index contributed by atoms with van der Waals surface area (Å²) in [5.41, 5.74) is 4.03. The summed E-state index contributed by atoms with van der Waals surface area (Å²) in [5.74, 6) is -1.36. The number of ether oxygens (including phenoxy) is 1. The van der Waals surface area contributed by atoms with Crippen molar-refractivity contribution in [3.05, 3.63) is 27.8 Å². The minimum atomic E-state index is -0.963. The number of aromatic hydroxyl groups is 1. The van der Waals surface area contributed by atoms with Crippen molar-refractivity contribution in [3.63, 3.8) is 0 Å². The largest absolute Gasteiger partial charge is 0.506 e. The van der Waals surface area contributed by atoms with E-state index >= 15 is 0 Å². The maximum atomic E-state index is 11.2. The van der Waals surface area contributed by atoms with Crippen molar-refractivity contribution in [1.82, 2.24) is 0 Å². The number of anilines is 1. The van der Waals surface area contributed by atoms with E-state index in [0.717, 1.165) is 19.2 Å². The van der Waals surface area contributed by atoms with Crippen LogP contribution in [0.2, 0.25) is 0 Å². The summed E-state index contributed by atoms with van der Waals surface area (Å²) in [6.07, 6.45) is 0. The van der Waals surface area contributed by atoms with Crippen LogP contribution in [0.25, 0.3) is 0 Å². The number of phenols is 1. The molecule has 0 aliphatic rings. The van der Waals surface area contributed by atoms with Crippen LogP contribution in [0.1, 0.15) is 10.4 Å². The Balaban J connectivity index is 3.48. The molecule has 0 radical (unpaired) electrons. The van der Waals surface area contributed by atoms with Crippen molar-refractivity contribution in [1.29, 1.82) is 0 Å². The van der Waals surface area contributed by atoms with Crippen LogP contribution in [0.3, 0.4) is 0 Å². The second kappa shape index (κ2) is 3.82. The molecule has 0 aliphatic carbocycles. The molecule has 3 N–H and O–H groups in total. The highest BCUT2D eigenvalue weighted by atomic mass is 16.6. The molecule has 0 amide bonds. The lowest BCUT2D eigenvalue weighted by Gasteiger charge is -2.05. The number of rotatable bonds is 2. The first-order chi connectivity index (χ1) is 6.99. The molecule has 80 valence electrons. The summed E-state index contributed by atoms with van der Waals surface area (Å²) in [4.78, 5) is 21.0. The van der Waals surface area contributed by atoms with E-state index in [0.29, 0.717) is 0 Å². The molecule has 7 nitrogen and oxygen atoms in total. The van der Waals surface area contributed by atoms with Gasteiger partial charge in [0.05, 0.1) is 17.7 Å². The minimum absolute atomic E-state index is 0.365. The Hall–Kier alpha value is -2.31. The number of nitrogens with two attached hydrogens (primary N) is 1. The average molecular weight is 212 g/mol. The number of nitro groups is 1. The molecule has 1 aromatic carbocycles. The summed E-state index contributed by atoms with van der Waals surface area (Å²) in [7, 11) is 1.07. The van der Waals surface area contributed by atoms with E-state index < -0.39 is 27.9 Å². The lowest BCUT2D eigenvalue weighted by molar-refractivity contribution is -0.385. The van der Waals surface area contributed by atoms with Crippen LogP contribution in [0.5, 0.6) is 5.75 Å². The molecule has 0 aromatic heterocycles. The second-order valence-corrected chi connectivity index (χ2v) is 2.64. The van der Waals surface area contributed by atoms with Gasteiger partial charge in [0, 0.05) is 6.07 Å². The summed E-state index contributed by atoms with van der Waals surface area (Å²) in [6, 6.07) is 2.03. The van der Waals surface area contributed by atoms with Crippen molar-refractivity contribution in [2.45, 2.75) is 0 Å². The first-order valence-corrected chi connectivity index (χ1v) is 3.83. The fraction of sp³-hybridized carbons (Fsp3) is 0.125. The summed E-state index contributed by atoms with van der Waals surface area (Å²) in [6.45, 7) is 0. The molecule has 0 heterocycles. The smallest absolute Gasteiger partial charge is 0.347 e. The van der Waals surface area contributed by atoms with Gasteiger partial charge < -0.3 is 15.6 Å².